The highest BCUT2D eigenvalue weighted by Crippen LogP contribution is 2.43. The van der Waals surface area contributed by atoms with Crippen LogP contribution >= 0.6 is 0 Å². The molecule has 0 saturated carbocycles. The predicted molar refractivity (Wildman–Crippen MR) is 167 cm³/mol. The minimum atomic E-state index is -1.08. The molecule has 2 aromatic rings. The van der Waals surface area contributed by atoms with E-state index in [0.717, 1.165) is 66.6 Å². The molecular formula is C34H49N3O6. The molecule has 43 heavy (non-hydrogen) atoms. The van der Waals surface area contributed by atoms with Crippen molar-refractivity contribution in [3.63, 3.8) is 0 Å². The molecular weight excluding hydrogens is 546 g/mol. The van der Waals surface area contributed by atoms with Crippen LogP contribution in [0.3, 0.4) is 0 Å². The Bertz CT molecular complexity index is 1320. The van der Waals surface area contributed by atoms with Crippen molar-refractivity contribution in [2.75, 3.05) is 20.3 Å². The van der Waals surface area contributed by atoms with Crippen molar-refractivity contribution >= 4 is 28.5 Å². The van der Waals surface area contributed by atoms with Crippen molar-refractivity contribution in [2.24, 2.45) is 5.41 Å². The van der Waals surface area contributed by atoms with Gasteiger partial charge in [0, 0.05) is 18.0 Å². The van der Waals surface area contributed by atoms with E-state index in [1.54, 1.807) is 12.3 Å². The number of esters is 2. The number of rotatable bonds is 15. The van der Waals surface area contributed by atoms with Gasteiger partial charge >= 0.3 is 11.9 Å². The lowest BCUT2D eigenvalue weighted by Crippen LogP contribution is -2.49. The molecule has 1 N–H and O–H groups in total. The van der Waals surface area contributed by atoms with Gasteiger partial charge in [0.05, 0.1) is 49.9 Å². The molecule has 1 aromatic heterocycles. The maximum atomic E-state index is 12.4. The maximum Gasteiger partial charge on any atom is 0.338 e. The van der Waals surface area contributed by atoms with E-state index in [4.69, 9.17) is 19.3 Å². The quantitative estimate of drug-likeness (QED) is 0.187. The van der Waals surface area contributed by atoms with Crippen molar-refractivity contribution in [3.8, 4) is 5.75 Å². The van der Waals surface area contributed by atoms with Crippen LogP contribution in [0.5, 0.6) is 5.75 Å². The van der Waals surface area contributed by atoms with Crippen LogP contribution in [0.25, 0.3) is 16.6 Å². The van der Waals surface area contributed by atoms with E-state index in [1.807, 2.05) is 22.9 Å². The normalized spacial score (nSPS) is 18.0. The Morgan fingerprint density at radius 2 is 1.74 bits per heavy atom. The molecule has 2 aliphatic heterocycles. The topological polar surface area (TPSA) is 103 Å². The van der Waals surface area contributed by atoms with Crippen molar-refractivity contribution in [1.29, 1.82) is 0 Å². The summed E-state index contributed by atoms with van der Waals surface area (Å²) in [6, 6.07) is 5.93. The summed E-state index contributed by atoms with van der Waals surface area (Å²) in [5.74, 6) is 0.0961. The number of benzene rings is 1. The lowest BCUT2D eigenvalue weighted by molar-refractivity contribution is -0.144. The smallest absolute Gasteiger partial charge is 0.338 e. The summed E-state index contributed by atoms with van der Waals surface area (Å²) in [5, 5.41) is 16.8. The van der Waals surface area contributed by atoms with Gasteiger partial charge in [0.25, 0.3) is 0 Å². The average Bonchev–Trinajstić information content (AvgIpc) is 3.36. The second-order valence-electron chi connectivity index (χ2n) is 12.7. The number of carbonyl (C=O) groups is 2. The molecule has 1 unspecified atom stereocenters. The highest BCUT2D eigenvalue weighted by atomic mass is 16.5. The highest BCUT2D eigenvalue weighted by molar-refractivity contribution is 5.96. The molecule has 0 amide bonds. The molecule has 0 spiro atoms. The zero-order valence-corrected chi connectivity index (χ0v) is 26.6. The fraction of sp³-hybridized carbons (Fsp3) is 0.618. The van der Waals surface area contributed by atoms with Gasteiger partial charge in [-0.2, -0.15) is 5.10 Å². The van der Waals surface area contributed by atoms with Crippen LogP contribution < -0.4 is 4.74 Å². The number of hydrogen-bond acceptors (Lipinski definition) is 8. The van der Waals surface area contributed by atoms with Crippen molar-refractivity contribution in [1.82, 2.24) is 14.7 Å². The first-order chi connectivity index (χ1) is 20.7. The molecule has 0 aliphatic carbocycles. The van der Waals surface area contributed by atoms with Gasteiger partial charge in [-0.3, -0.25) is 9.48 Å². The van der Waals surface area contributed by atoms with Crippen LogP contribution in [0.15, 0.2) is 36.0 Å². The number of ether oxygens (including phenoxy) is 3. The first kappa shape index (κ1) is 32.6. The average molecular weight is 596 g/mol. The van der Waals surface area contributed by atoms with E-state index in [-0.39, 0.29) is 23.0 Å². The molecule has 2 aliphatic rings. The molecule has 3 heterocycles. The largest absolute Gasteiger partial charge is 0.491 e. The van der Waals surface area contributed by atoms with Crippen LogP contribution in [0.1, 0.15) is 97.6 Å². The van der Waals surface area contributed by atoms with Gasteiger partial charge in [0.1, 0.15) is 17.4 Å². The molecule has 236 valence electrons. The van der Waals surface area contributed by atoms with E-state index in [2.05, 4.69) is 32.6 Å². The molecule has 2 atom stereocenters. The van der Waals surface area contributed by atoms with Gasteiger partial charge in [-0.15, -0.1) is 0 Å². The zero-order chi connectivity index (χ0) is 31.0. The lowest BCUT2D eigenvalue weighted by Gasteiger charge is -2.46. The van der Waals surface area contributed by atoms with Crippen LogP contribution in [-0.2, 0) is 25.6 Å². The summed E-state index contributed by atoms with van der Waals surface area (Å²) >= 11 is 0. The van der Waals surface area contributed by atoms with Gasteiger partial charge < -0.3 is 24.2 Å². The predicted octanol–water partition coefficient (Wildman–Crippen LogP) is 6.38. The van der Waals surface area contributed by atoms with E-state index in [1.165, 1.54) is 26.4 Å². The highest BCUT2D eigenvalue weighted by Gasteiger charge is 2.41. The van der Waals surface area contributed by atoms with Gasteiger partial charge in [-0.1, -0.05) is 78.4 Å². The monoisotopic (exact) mass is 595 g/mol. The second kappa shape index (κ2) is 14.9. The molecule has 0 fully saturated rings. The Morgan fingerprint density at radius 1 is 1.02 bits per heavy atom. The number of aliphatic hydroxyl groups excluding tert-OH is 1. The number of unbranched alkanes of at least 4 members (excludes halogenated alkanes) is 7. The first-order valence-corrected chi connectivity index (χ1v) is 15.9. The summed E-state index contributed by atoms with van der Waals surface area (Å²) in [6.45, 7) is 10.4. The Morgan fingerprint density at radius 3 is 2.47 bits per heavy atom. The van der Waals surface area contributed by atoms with Gasteiger partial charge in [-0.25, -0.2) is 4.79 Å². The Kier molecular flexibility index (Phi) is 11.3. The van der Waals surface area contributed by atoms with Crippen molar-refractivity contribution in [2.45, 2.75) is 111 Å². The zero-order valence-electron chi connectivity index (χ0n) is 26.6. The maximum absolute atomic E-state index is 12.4. The number of carbonyl (C=O) groups excluding carboxylic acids is 2. The summed E-state index contributed by atoms with van der Waals surface area (Å²) < 4.78 is 18.5. The van der Waals surface area contributed by atoms with E-state index >= 15 is 0 Å². The Labute approximate surface area is 255 Å². The van der Waals surface area contributed by atoms with Crippen LogP contribution in [0, 0.1) is 5.41 Å². The summed E-state index contributed by atoms with van der Waals surface area (Å²) in [6.07, 6.45) is 12.3. The number of fused-ring (bicyclic) bond motifs is 5. The summed E-state index contributed by atoms with van der Waals surface area (Å²) in [7, 11) is 1.32. The number of nitrogens with zero attached hydrogens (tertiary/aromatic N) is 3. The third-order valence-electron chi connectivity index (χ3n) is 8.31. The fourth-order valence-corrected chi connectivity index (χ4v) is 5.83. The number of hydrogen-bond donors (Lipinski definition) is 1. The minimum Gasteiger partial charge on any atom is -0.491 e. The molecule has 0 radical (unpaired) electrons. The van der Waals surface area contributed by atoms with Crippen LogP contribution in [0.4, 0.5) is 0 Å². The molecule has 9 nitrogen and oxygen atoms in total. The SMILES string of the molecule is CCCCCCCOC(=O)CCCCCCOc1cccc2c3n(nc12)C[C@@H](C(C)(C)C)N1C=C(C(=O)OC)C(O)C=C31. The molecule has 9 heteroatoms. The van der Waals surface area contributed by atoms with E-state index < -0.39 is 12.1 Å². The Balaban J connectivity index is 1.35. The molecule has 4 rings (SSSR count). The molecule has 1 aromatic carbocycles. The first-order valence-electron chi connectivity index (χ1n) is 15.9. The minimum absolute atomic E-state index is 0.000151. The third kappa shape index (κ3) is 7.99. The van der Waals surface area contributed by atoms with E-state index in [9.17, 15) is 14.7 Å². The van der Waals surface area contributed by atoms with Gasteiger partial charge in [0.15, 0.2) is 0 Å². The number of methoxy groups -OCH3 is 1. The van der Waals surface area contributed by atoms with Gasteiger partial charge in [0.2, 0.25) is 0 Å². The third-order valence-corrected chi connectivity index (χ3v) is 8.31. The summed E-state index contributed by atoms with van der Waals surface area (Å²) in [4.78, 5) is 26.4. The Hall–Kier alpha value is -3.33. The fourth-order valence-electron chi connectivity index (χ4n) is 5.83. The van der Waals surface area contributed by atoms with Crippen LogP contribution in [0.2, 0.25) is 0 Å². The summed E-state index contributed by atoms with van der Waals surface area (Å²) in [5.41, 5.74) is 2.58. The number of aromatic nitrogens is 2. The molecule has 0 bridgehead atoms. The van der Waals surface area contributed by atoms with E-state index in [0.29, 0.717) is 26.2 Å². The van der Waals surface area contributed by atoms with Crippen molar-refractivity contribution < 1.29 is 28.9 Å². The molecule has 0 saturated heterocycles. The second-order valence-corrected chi connectivity index (χ2v) is 12.7. The van der Waals surface area contributed by atoms with Gasteiger partial charge in [-0.05, 0) is 36.8 Å². The standard InChI is InChI=1S/C34H49N3O6/c1-6-7-8-10-14-20-43-30(39)18-12-9-11-13-19-42-28-17-15-16-24-31(28)35-37-23-29(34(2,3)4)36-22-25(33(40)41-5)27(38)21-26(36)32(24)37/h15-17,21-22,27,29,38H,6-14,18-20,23H2,1-5H3/t27?,29-/m0/s1. The van der Waals surface area contributed by atoms with Crippen molar-refractivity contribution in [3.05, 3.63) is 41.7 Å². The lowest BCUT2D eigenvalue weighted by atomic mass is 9.83. The number of aliphatic hydroxyl groups is 1. The van der Waals surface area contributed by atoms with Crippen LogP contribution in [-0.4, -0.2) is 64.2 Å².